The first-order valence-electron chi connectivity index (χ1n) is 7.22. The van der Waals surface area contributed by atoms with Crippen LogP contribution in [-0.4, -0.2) is 25.3 Å². The lowest BCUT2D eigenvalue weighted by Gasteiger charge is -2.08. The van der Waals surface area contributed by atoms with Crippen molar-refractivity contribution < 1.29 is 18.8 Å². The van der Waals surface area contributed by atoms with Gasteiger partial charge in [-0.05, 0) is 24.0 Å². The summed E-state index contributed by atoms with van der Waals surface area (Å²) in [6, 6.07) is 7.15. The Morgan fingerprint density at radius 1 is 1.10 bits per heavy atom. The molecular formula is C16H24O4P+. The van der Waals surface area contributed by atoms with E-state index in [0.29, 0.717) is 30.2 Å². The van der Waals surface area contributed by atoms with Gasteiger partial charge in [-0.25, -0.2) is 4.79 Å². The van der Waals surface area contributed by atoms with Crippen molar-refractivity contribution in [3.8, 4) is 5.75 Å². The number of ether oxygens (including phenoxy) is 2. The number of benzene rings is 1. The molecule has 4 nitrogen and oxygen atoms in total. The fourth-order valence-corrected chi connectivity index (χ4v) is 2.68. The van der Waals surface area contributed by atoms with E-state index in [0.717, 1.165) is 0 Å². The lowest BCUT2D eigenvalue weighted by atomic mass is 10.2. The van der Waals surface area contributed by atoms with Gasteiger partial charge < -0.3 is 9.47 Å². The fraction of sp³-hybridized carbons (Fsp3) is 0.562. The molecule has 1 atom stereocenters. The molecule has 0 amide bonds. The molecule has 0 radical (unpaired) electrons. The maximum atomic E-state index is 12.3. The normalized spacial score (nSPS) is 11.6. The number of esters is 1. The maximum Gasteiger partial charge on any atom is 0.392 e. The van der Waals surface area contributed by atoms with Crippen LogP contribution in [-0.2, 0) is 14.1 Å². The zero-order valence-electron chi connectivity index (χ0n) is 13.2. The molecule has 1 aromatic rings. The quantitative estimate of drug-likeness (QED) is 0.545. The van der Waals surface area contributed by atoms with Crippen LogP contribution in [0, 0.1) is 11.8 Å². The van der Waals surface area contributed by atoms with Gasteiger partial charge in [-0.1, -0.05) is 44.4 Å². The van der Waals surface area contributed by atoms with Gasteiger partial charge in [-0.3, -0.25) is 0 Å². The van der Waals surface area contributed by atoms with E-state index in [2.05, 4.69) is 0 Å². The predicted molar refractivity (Wildman–Crippen MR) is 84.7 cm³/mol. The second-order valence-electron chi connectivity index (χ2n) is 5.79. The van der Waals surface area contributed by atoms with Crippen LogP contribution in [0.4, 0.5) is 0 Å². The topological polar surface area (TPSA) is 52.6 Å². The molecular weight excluding hydrogens is 287 g/mol. The monoisotopic (exact) mass is 311 g/mol. The third kappa shape index (κ3) is 6.72. The van der Waals surface area contributed by atoms with Crippen molar-refractivity contribution >= 4 is 19.1 Å². The minimum absolute atomic E-state index is 0.107. The van der Waals surface area contributed by atoms with E-state index in [4.69, 9.17) is 9.47 Å². The van der Waals surface area contributed by atoms with Crippen molar-refractivity contribution in [3.63, 3.8) is 0 Å². The van der Waals surface area contributed by atoms with E-state index in [-0.39, 0.29) is 12.1 Å². The van der Waals surface area contributed by atoms with Crippen LogP contribution < -0.4 is 10.0 Å². The van der Waals surface area contributed by atoms with Gasteiger partial charge in [0.1, 0.15) is 0 Å². The smallest absolute Gasteiger partial charge is 0.392 e. The van der Waals surface area contributed by atoms with E-state index in [1.165, 1.54) is 0 Å². The van der Waals surface area contributed by atoms with E-state index >= 15 is 0 Å². The molecule has 0 aromatic heterocycles. The summed E-state index contributed by atoms with van der Waals surface area (Å²) in [6.45, 7) is 8.92. The Morgan fingerprint density at radius 2 is 1.71 bits per heavy atom. The number of hydrogen-bond donors (Lipinski definition) is 0. The highest BCUT2D eigenvalue weighted by Gasteiger charge is 2.29. The minimum atomic E-state index is -1.85. The third-order valence-electron chi connectivity index (χ3n) is 2.56. The number of para-hydroxylation sites is 1. The molecule has 0 heterocycles. The van der Waals surface area contributed by atoms with Crippen molar-refractivity contribution in [2.45, 2.75) is 27.7 Å². The molecule has 116 valence electrons. The Kier molecular flexibility index (Phi) is 7.38. The van der Waals surface area contributed by atoms with E-state index in [9.17, 15) is 9.36 Å². The summed E-state index contributed by atoms with van der Waals surface area (Å²) in [7, 11) is -1.85. The number of carbonyl (C=O) groups is 1. The molecule has 1 unspecified atom stereocenters. The van der Waals surface area contributed by atoms with Crippen LogP contribution in [0.2, 0.25) is 0 Å². The zero-order valence-corrected chi connectivity index (χ0v) is 14.1. The van der Waals surface area contributed by atoms with Gasteiger partial charge in [0.15, 0.2) is 5.75 Å². The van der Waals surface area contributed by atoms with Gasteiger partial charge in [-0.15, -0.1) is 0 Å². The van der Waals surface area contributed by atoms with Crippen molar-refractivity contribution in [2.24, 2.45) is 11.8 Å². The molecule has 0 bridgehead atoms. The van der Waals surface area contributed by atoms with Crippen molar-refractivity contribution in [3.05, 3.63) is 24.3 Å². The largest absolute Gasteiger partial charge is 0.489 e. The molecule has 0 aliphatic heterocycles. The fourth-order valence-electron chi connectivity index (χ4n) is 1.55. The third-order valence-corrected chi connectivity index (χ3v) is 4.01. The molecule has 5 heteroatoms. The lowest BCUT2D eigenvalue weighted by molar-refractivity contribution is -0.141. The summed E-state index contributed by atoms with van der Waals surface area (Å²) in [5.41, 5.74) is 0. The van der Waals surface area contributed by atoms with Gasteiger partial charge in [0.25, 0.3) is 0 Å². The summed E-state index contributed by atoms with van der Waals surface area (Å²) in [5, 5.41) is 0.578. The molecule has 0 spiro atoms. The molecule has 0 N–H and O–H groups in total. The highest BCUT2D eigenvalue weighted by atomic mass is 31.1. The van der Waals surface area contributed by atoms with Gasteiger partial charge in [-0.2, -0.15) is 0 Å². The average molecular weight is 311 g/mol. The SMILES string of the molecule is CC(C)COC(=O)C[P+](=O)c1ccccc1OCC(C)C. The minimum Gasteiger partial charge on any atom is -0.489 e. The van der Waals surface area contributed by atoms with Gasteiger partial charge in [0.05, 0.1) is 13.2 Å². The Balaban J connectivity index is 2.67. The second-order valence-corrected chi connectivity index (χ2v) is 7.34. The molecule has 1 rings (SSSR count). The molecule has 1 aromatic carbocycles. The maximum absolute atomic E-state index is 12.3. The standard InChI is InChI=1S/C16H24O4P/c1-12(2)9-19-14-7-5-6-8-15(14)21(18)11-16(17)20-10-13(3)4/h5-8,12-13H,9-11H2,1-4H3/q+1. The number of hydrogen-bond acceptors (Lipinski definition) is 4. The summed E-state index contributed by atoms with van der Waals surface area (Å²) in [4.78, 5) is 11.7. The van der Waals surface area contributed by atoms with Crippen LogP contribution in [0.15, 0.2) is 24.3 Å². The van der Waals surface area contributed by atoms with Crippen LogP contribution in [0.3, 0.4) is 0 Å². The first-order valence-corrected chi connectivity index (χ1v) is 8.66. The van der Waals surface area contributed by atoms with Crippen LogP contribution in [0.5, 0.6) is 5.75 Å². The van der Waals surface area contributed by atoms with Crippen molar-refractivity contribution in [1.82, 2.24) is 0 Å². The Morgan fingerprint density at radius 3 is 2.33 bits per heavy atom. The van der Waals surface area contributed by atoms with Crippen LogP contribution >= 0.6 is 7.80 Å². The van der Waals surface area contributed by atoms with E-state index < -0.39 is 13.8 Å². The summed E-state index contributed by atoms with van der Waals surface area (Å²) < 4.78 is 23.1. The zero-order chi connectivity index (χ0) is 15.8. The molecule has 0 saturated carbocycles. The summed E-state index contributed by atoms with van der Waals surface area (Å²) in [6.07, 6.45) is -0.107. The van der Waals surface area contributed by atoms with Gasteiger partial charge in [0, 0.05) is 0 Å². The average Bonchev–Trinajstić information content (AvgIpc) is 2.43. The van der Waals surface area contributed by atoms with Crippen LogP contribution in [0.25, 0.3) is 0 Å². The molecule has 0 fully saturated rings. The van der Waals surface area contributed by atoms with Crippen LogP contribution in [0.1, 0.15) is 27.7 Å². The lowest BCUT2D eigenvalue weighted by Crippen LogP contribution is -2.16. The summed E-state index contributed by atoms with van der Waals surface area (Å²) in [5.74, 6) is 0.813. The molecule has 0 aliphatic carbocycles. The predicted octanol–water partition coefficient (Wildman–Crippen LogP) is 3.37. The molecule has 21 heavy (non-hydrogen) atoms. The second kappa shape index (κ2) is 8.78. The first-order chi connectivity index (χ1) is 9.90. The highest BCUT2D eigenvalue weighted by molar-refractivity contribution is 7.54. The number of carbonyl (C=O) groups excluding carboxylic acids is 1. The Bertz CT molecular complexity index is 483. The number of rotatable bonds is 8. The van der Waals surface area contributed by atoms with E-state index in [1.807, 2.05) is 33.8 Å². The van der Waals surface area contributed by atoms with Crippen molar-refractivity contribution in [2.75, 3.05) is 19.4 Å². The molecule has 0 aliphatic rings. The Labute approximate surface area is 127 Å². The Hall–Kier alpha value is -1.41. The van der Waals surface area contributed by atoms with Crippen molar-refractivity contribution in [1.29, 1.82) is 0 Å². The molecule has 0 saturated heterocycles. The van der Waals surface area contributed by atoms with E-state index in [1.54, 1.807) is 18.2 Å². The highest BCUT2D eigenvalue weighted by Crippen LogP contribution is 2.26. The summed E-state index contributed by atoms with van der Waals surface area (Å²) >= 11 is 0. The first kappa shape index (κ1) is 17.6. The van der Waals surface area contributed by atoms with Gasteiger partial charge >= 0.3 is 13.8 Å². The van der Waals surface area contributed by atoms with Gasteiger partial charge in [0.2, 0.25) is 11.5 Å².